The third kappa shape index (κ3) is 3.29. The predicted molar refractivity (Wildman–Crippen MR) is 64.7 cm³/mol. The van der Waals surface area contributed by atoms with Gasteiger partial charge in [-0.25, -0.2) is 4.39 Å². The Labute approximate surface area is 105 Å². The van der Waals surface area contributed by atoms with Crippen molar-refractivity contribution in [3.8, 4) is 5.75 Å². The van der Waals surface area contributed by atoms with Gasteiger partial charge in [0.2, 0.25) is 6.29 Å². The summed E-state index contributed by atoms with van der Waals surface area (Å²) >= 11 is 0. The van der Waals surface area contributed by atoms with Crippen molar-refractivity contribution >= 4 is 12.2 Å². The molecule has 0 fully saturated rings. The zero-order valence-corrected chi connectivity index (χ0v) is 10.6. The summed E-state index contributed by atoms with van der Waals surface area (Å²) in [4.78, 5) is 23.2. The third-order valence-electron chi connectivity index (χ3n) is 2.61. The van der Waals surface area contributed by atoms with Gasteiger partial charge in [-0.2, -0.15) is 0 Å². The summed E-state index contributed by atoms with van der Waals surface area (Å²) in [5, 5.41) is 0. The fourth-order valence-corrected chi connectivity index (χ4v) is 1.55. The molecule has 1 aromatic rings. The van der Waals surface area contributed by atoms with Gasteiger partial charge in [-0.15, -0.1) is 0 Å². The second kappa shape index (κ2) is 6.14. The van der Waals surface area contributed by atoms with E-state index >= 15 is 0 Å². The molecule has 0 saturated carbocycles. The number of carbonyl (C=O) groups excluding carboxylic acids is 2. The number of carbonyl (C=O) groups is 2. The maximum absolute atomic E-state index is 13.7. The minimum absolute atomic E-state index is 0.0606. The summed E-state index contributed by atoms with van der Waals surface area (Å²) in [6.45, 7) is 3.59. The van der Waals surface area contributed by atoms with E-state index in [2.05, 4.69) is 0 Å². The lowest BCUT2D eigenvalue weighted by atomic mass is 10.1. The van der Waals surface area contributed by atoms with Gasteiger partial charge in [0.15, 0.2) is 0 Å². The highest BCUT2D eigenvalue weighted by Crippen LogP contribution is 2.18. The molecule has 0 aromatic heterocycles. The number of rotatable bonds is 5. The molecule has 0 aliphatic carbocycles. The zero-order chi connectivity index (χ0) is 13.7. The van der Waals surface area contributed by atoms with Gasteiger partial charge in [-0.3, -0.25) is 9.59 Å². The van der Waals surface area contributed by atoms with Crippen molar-refractivity contribution < 1.29 is 18.7 Å². The Bertz CT molecular complexity index is 446. The molecule has 1 aromatic carbocycles. The van der Waals surface area contributed by atoms with E-state index in [4.69, 9.17) is 4.74 Å². The van der Waals surface area contributed by atoms with E-state index in [1.54, 1.807) is 26.0 Å². The predicted octanol–water partition coefficient (Wildman–Crippen LogP) is 1.77. The van der Waals surface area contributed by atoms with Crippen LogP contribution in [-0.4, -0.2) is 30.2 Å². The molecule has 1 amide bonds. The maximum atomic E-state index is 13.7. The number of halogens is 1. The molecule has 5 heteroatoms. The number of aldehydes is 1. The van der Waals surface area contributed by atoms with E-state index < -0.39 is 11.7 Å². The maximum Gasteiger partial charge on any atom is 0.287 e. The molecule has 18 heavy (non-hydrogen) atoms. The highest BCUT2D eigenvalue weighted by atomic mass is 19.1. The molecular weight excluding hydrogens is 237 g/mol. The average molecular weight is 253 g/mol. The van der Waals surface area contributed by atoms with Crippen LogP contribution in [0.1, 0.15) is 19.4 Å². The molecule has 98 valence electrons. The molecule has 0 spiro atoms. The summed E-state index contributed by atoms with van der Waals surface area (Å²) in [5.41, 5.74) is 0.347. The van der Waals surface area contributed by atoms with Crippen molar-refractivity contribution in [3.63, 3.8) is 0 Å². The Morgan fingerprint density at radius 3 is 2.61 bits per heavy atom. The summed E-state index contributed by atoms with van der Waals surface area (Å²) in [6.07, 6.45) is 0.238. The van der Waals surface area contributed by atoms with Crippen LogP contribution in [0, 0.1) is 5.82 Å². The van der Waals surface area contributed by atoms with E-state index in [0.717, 1.165) is 0 Å². The lowest BCUT2D eigenvalue weighted by Crippen LogP contribution is -2.37. The SMILES string of the molecule is COc1ccc(CN(C(=O)C=O)C(C)C)c(F)c1. The van der Waals surface area contributed by atoms with Gasteiger partial charge in [0, 0.05) is 24.2 Å². The third-order valence-corrected chi connectivity index (χ3v) is 2.61. The normalized spacial score (nSPS) is 10.3. The quantitative estimate of drug-likeness (QED) is 0.593. The minimum atomic E-state index is -0.653. The minimum Gasteiger partial charge on any atom is -0.497 e. The van der Waals surface area contributed by atoms with Gasteiger partial charge in [-0.1, -0.05) is 6.07 Å². The van der Waals surface area contributed by atoms with Crippen LogP contribution in [-0.2, 0) is 16.1 Å². The van der Waals surface area contributed by atoms with Crippen LogP contribution in [0.25, 0.3) is 0 Å². The number of hydrogen-bond donors (Lipinski definition) is 0. The number of amides is 1. The smallest absolute Gasteiger partial charge is 0.287 e. The number of ether oxygens (including phenoxy) is 1. The Balaban J connectivity index is 2.94. The first kappa shape index (κ1) is 14.2. The van der Waals surface area contributed by atoms with Crippen LogP contribution in [0.4, 0.5) is 4.39 Å². The highest BCUT2D eigenvalue weighted by molar-refractivity contribution is 6.23. The number of hydrogen-bond acceptors (Lipinski definition) is 3. The number of nitrogens with zero attached hydrogens (tertiary/aromatic N) is 1. The van der Waals surface area contributed by atoms with Crippen LogP contribution in [0.15, 0.2) is 18.2 Å². The van der Waals surface area contributed by atoms with Gasteiger partial charge < -0.3 is 9.64 Å². The molecule has 0 aliphatic rings. The second-order valence-electron chi connectivity index (χ2n) is 4.14. The Hall–Kier alpha value is -1.91. The Morgan fingerprint density at radius 2 is 2.17 bits per heavy atom. The lowest BCUT2D eigenvalue weighted by molar-refractivity contribution is -0.140. The largest absolute Gasteiger partial charge is 0.497 e. The molecule has 0 saturated heterocycles. The van der Waals surface area contributed by atoms with E-state index in [1.807, 2.05) is 0 Å². The summed E-state index contributed by atoms with van der Waals surface area (Å²) in [5.74, 6) is -0.701. The lowest BCUT2D eigenvalue weighted by Gasteiger charge is -2.24. The fraction of sp³-hybridized carbons (Fsp3) is 0.385. The first-order valence-corrected chi connectivity index (χ1v) is 5.57. The molecule has 0 radical (unpaired) electrons. The molecule has 0 bridgehead atoms. The first-order valence-electron chi connectivity index (χ1n) is 5.57. The van der Waals surface area contributed by atoms with E-state index in [-0.39, 0.29) is 18.9 Å². The monoisotopic (exact) mass is 253 g/mol. The molecule has 4 nitrogen and oxygen atoms in total. The van der Waals surface area contributed by atoms with Crippen molar-refractivity contribution in [2.45, 2.75) is 26.4 Å². The van der Waals surface area contributed by atoms with Crippen LogP contribution in [0.3, 0.4) is 0 Å². The highest BCUT2D eigenvalue weighted by Gasteiger charge is 2.18. The van der Waals surface area contributed by atoms with Crippen molar-refractivity contribution in [1.29, 1.82) is 0 Å². The van der Waals surface area contributed by atoms with E-state index in [9.17, 15) is 14.0 Å². The van der Waals surface area contributed by atoms with Gasteiger partial charge in [-0.05, 0) is 19.9 Å². The van der Waals surface area contributed by atoms with Crippen LogP contribution in [0.5, 0.6) is 5.75 Å². The number of methoxy groups -OCH3 is 1. The Kier molecular flexibility index (Phi) is 4.83. The first-order chi connectivity index (χ1) is 8.49. The van der Waals surface area contributed by atoms with Gasteiger partial charge in [0.05, 0.1) is 7.11 Å². The topological polar surface area (TPSA) is 46.6 Å². The Morgan fingerprint density at radius 1 is 1.50 bits per heavy atom. The van der Waals surface area contributed by atoms with Crippen LogP contribution >= 0.6 is 0 Å². The van der Waals surface area contributed by atoms with Crippen molar-refractivity contribution in [2.24, 2.45) is 0 Å². The van der Waals surface area contributed by atoms with Crippen LogP contribution in [0.2, 0.25) is 0 Å². The van der Waals surface area contributed by atoms with Gasteiger partial charge in [0.25, 0.3) is 5.91 Å². The molecule has 0 unspecified atom stereocenters. The standard InChI is InChI=1S/C13H16FNO3/c1-9(2)15(13(17)8-16)7-10-4-5-11(18-3)6-12(10)14/h4-6,8-9H,7H2,1-3H3. The average Bonchev–Trinajstić information content (AvgIpc) is 2.35. The molecular formula is C13H16FNO3. The molecule has 0 aliphatic heterocycles. The fourth-order valence-electron chi connectivity index (χ4n) is 1.55. The summed E-state index contributed by atoms with van der Waals surface area (Å²) < 4.78 is 18.6. The van der Waals surface area contributed by atoms with Crippen molar-refractivity contribution in [2.75, 3.05) is 7.11 Å². The van der Waals surface area contributed by atoms with Crippen molar-refractivity contribution in [1.82, 2.24) is 4.90 Å². The second-order valence-corrected chi connectivity index (χ2v) is 4.14. The van der Waals surface area contributed by atoms with E-state index in [1.165, 1.54) is 18.1 Å². The van der Waals surface area contributed by atoms with Gasteiger partial charge >= 0.3 is 0 Å². The zero-order valence-electron chi connectivity index (χ0n) is 10.6. The molecule has 1 rings (SSSR count). The molecule has 0 N–H and O–H groups in total. The van der Waals surface area contributed by atoms with E-state index in [0.29, 0.717) is 11.3 Å². The summed E-state index contributed by atoms with van der Waals surface area (Å²) in [7, 11) is 1.45. The summed E-state index contributed by atoms with van der Waals surface area (Å²) in [6, 6.07) is 4.23. The number of benzene rings is 1. The van der Waals surface area contributed by atoms with Crippen molar-refractivity contribution in [3.05, 3.63) is 29.6 Å². The molecule has 0 atom stereocenters. The molecule has 0 heterocycles. The van der Waals surface area contributed by atoms with Gasteiger partial charge in [0.1, 0.15) is 11.6 Å². The van der Waals surface area contributed by atoms with Crippen LogP contribution < -0.4 is 4.74 Å².